The van der Waals surface area contributed by atoms with Crippen molar-refractivity contribution in [2.45, 2.75) is 119 Å². The number of hydrogen-bond donors (Lipinski definition) is 1. The summed E-state index contributed by atoms with van der Waals surface area (Å²) in [4.78, 5) is 79.6. The zero-order chi connectivity index (χ0) is 52.1. The Hall–Kier alpha value is -5.82. The third-order valence-electron chi connectivity index (χ3n) is 14.5. The van der Waals surface area contributed by atoms with E-state index in [0.717, 1.165) is 82.5 Å². The highest BCUT2D eigenvalue weighted by atomic mass is 16.5. The quantitative estimate of drug-likeness (QED) is 0.0746. The summed E-state index contributed by atoms with van der Waals surface area (Å²) in [7, 11) is 3.34. The largest absolute Gasteiger partial charge is 0.467 e. The van der Waals surface area contributed by atoms with Gasteiger partial charge in [0, 0.05) is 94.6 Å². The minimum absolute atomic E-state index is 0.136. The fourth-order valence-electron chi connectivity index (χ4n) is 10.7. The maximum atomic E-state index is 14.6. The van der Waals surface area contributed by atoms with Gasteiger partial charge in [0.05, 0.1) is 44.1 Å². The number of nitrogens with one attached hydrogen (secondary N) is 1. The Morgan fingerprint density at radius 3 is 2.38 bits per heavy atom. The average Bonchev–Trinajstić information content (AvgIpc) is 4.00. The summed E-state index contributed by atoms with van der Waals surface area (Å²) in [6.45, 7) is 22.9. The second-order valence-corrected chi connectivity index (χ2v) is 20.7. The van der Waals surface area contributed by atoms with Crippen molar-refractivity contribution in [2.75, 3.05) is 79.8 Å². The van der Waals surface area contributed by atoms with Crippen LogP contribution in [0.4, 0.5) is 0 Å². The fourth-order valence-corrected chi connectivity index (χ4v) is 10.7. The summed E-state index contributed by atoms with van der Waals surface area (Å²) in [6, 6.07) is 12.9. The standard InChI is InChI=1S/C57H79N7O8/c1-11-58-51(41(6)70-10)40(5)53-47(35-57(7,8)37-72-38-65)46-34-44(21-22-49(46)64(53)12-2)43-19-16-18-42(32-43)33-48(56(69)62-25-14-13-15-26-62)59-54(67)52(39(3)4)60(9)55(68)45-23-27-63(36-45)50(66)20-17-24-61-28-30-71-31-29-61/h11,16,18-19,21-22,32,34,38-39,41,45,48,52H,12-15,23-31,33,35-37H2,1-10H3,(H,59,67)/b51-40+,58-11?/t41-,45-,48?,52-/m0/s1. The smallest absolute Gasteiger partial charge is 0.298 e. The van der Waals surface area contributed by atoms with Gasteiger partial charge < -0.3 is 38.8 Å². The van der Waals surface area contributed by atoms with E-state index in [1.54, 1.807) is 25.3 Å². The molecule has 3 saturated heterocycles. The third kappa shape index (κ3) is 13.6. The number of aromatic nitrogens is 1. The molecule has 6 rings (SSSR count). The lowest BCUT2D eigenvalue weighted by Gasteiger charge is -2.35. The summed E-state index contributed by atoms with van der Waals surface area (Å²) >= 11 is 0. The molecule has 0 aliphatic carbocycles. The first kappa shape index (κ1) is 55.5. The van der Waals surface area contributed by atoms with Crippen LogP contribution < -0.4 is 5.32 Å². The number of morpholine rings is 1. The molecular weight excluding hydrogens is 911 g/mol. The van der Waals surface area contributed by atoms with Gasteiger partial charge in [-0.3, -0.25) is 33.9 Å². The summed E-state index contributed by atoms with van der Waals surface area (Å²) < 4.78 is 18.9. The second kappa shape index (κ2) is 25.7. The number of rotatable bonds is 20. The zero-order valence-corrected chi connectivity index (χ0v) is 44.6. The van der Waals surface area contributed by atoms with Crippen LogP contribution >= 0.6 is 0 Å². The van der Waals surface area contributed by atoms with E-state index in [2.05, 4.69) is 84.7 Å². The van der Waals surface area contributed by atoms with Crippen molar-refractivity contribution in [3.05, 3.63) is 65.0 Å². The average molecular weight is 990 g/mol. The first-order valence-electron chi connectivity index (χ1n) is 26.0. The Balaban J connectivity index is 1.28. The number of fused-ring (bicyclic) bond motifs is 1. The molecule has 15 nitrogen and oxygen atoms in total. The SMILES string of the molecule is CC=N/C(=C(\C)c1c(CC(C)(C)COC=O)c2cc(-c3cccc(CC(NC(=O)[C@H](C(C)C)N(C)C(=O)[C@H]4CCN(C(=O)C#CCN5CCOCC5)C4)C(=O)N4CCCCC4)c3)ccc2n1CC)[C@H](C)OC. The Bertz CT molecular complexity index is 2520. The van der Waals surface area contributed by atoms with Gasteiger partial charge in [0.15, 0.2) is 0 Å². The molecule has 72 heavy (non-hydrogen) atoms. The van der Waals surface area contributed by atoms with Gasteiger partial charge in [-0.2, -0.15) is 0 Å². The summed E-state index contributed by atoms with van der Waals surface area (Å²) in [5.41, 5.74) is 7.52. The van der Waals surface area contributed by atoms with Crippen LogP contribution in [0.1, 0.15) is 97.9 Å². The Morgan fingerprint density at radius 1 is 0.986 bits per heavy atom. The molecule has 4 heterocycles. The molecular formula is C57H79N7O8. The maximum absolute atomic E-state index is 14.6. The number of ether oxygens (including phenoxy) is 3. The van der Waals surface area contributed by atoms with Crippen LogP contribution in [0.25, 0.3) is 27.6 Å². The van der Waals surface area contributed by atoms with Gasteiger partial charge in [-0.15, -0.1) is 0 Å². The lowest BCUT2D eigenvalue weighted by molar-refractivity contribution is -0.145. The molecule has 3 aliphatic heterocycles. The van der Waals surface area contributed by atoms with E-state index in [1.165, 1.54) is 4.90 Å². The molecule has 3 aliphatic rings. The van der Waals surface area contributed by atoms with E-state index in [9.17, 15) is 24.0 Å². The maximum Gasteiger partial charge on any atom is 0.298 e. The molecule has 390 valence electrons. The van der Waals surface area contributed by atoms with Crippen LogP contribution in [0.2, 0.25) is 0 Å². The molecule has 0 radical (unpaired) electrons. The number of allylic oxidation sites excluding steroid dienone is 1. The molecule has 3 aromatic rings. The van der Waals surface area contributed by atoms with Gasteiger partial charge >= 0.3 is 0 Å². The zero-order valence-electron chi connectivity index (χ0n) is 44.6. The Labute approximate surface area is 427 Å². The van der Waals surface area contributed by atoms with Crippen LogP contribution in [0.3, 0.4) is 0 Å². The number of nitrogens with zero attached hydrogens (tertiary/aromatic N) is 6. The molecule has 4 atom stereocenters. The number of amides is 4. The van der Waals surface area contributed by atoms with E-state index in [1.807, 2.05) is 44.7 Å². The fraction of sp³-hybridized carbons (Fsp3) is 0.579. The Kier molecular flexibility index (Phi) is 19.8. The first-order chi connectivity index (χ1) is 34.5. The number of methoxy groups -OCH3 is 1. The third-order valence-corrected chi connectivity index (χ3v) is 14.5. The number of piperidine rings is 1. The minimum atomic E-state index is -0.874. The van der Waals surface area contributed by atoms with Crippen molar-refractivity contribution in [2.24, 2.45) is 22.2 Å². The number of aliphatic imine (C=N–C) groups is 1. The van der Waals surface area contributed by atoms with Crippen molar-refractivity contribution in [1.82, 2.24) is 29.5 Å². The van der Waals surface area contributed by atoms with Crippen LogP contribution in [0.15, 0.2) is 53.2 Å². The summed E-state index contributed by atoms with van der Waals surface area (Å²) in [5, 5.41) is 4.23. The van der Waals surface area contributed by atoms with Crippen molar-refractivity contribution in [1.29, 1.82) is 0 Å². The van der Waals surface area contributed by atoms with E-state index in [-0.39, 0.29) is 55.2 Å². The predicted molar refractivity (Wildman–Crippen MR) is 283 cm³/mol. The van der Waals surface area contributed by atoms with Gasteiger partial charge in [0.2, 0.25) is 17.7 Å². The minimum Gasteiger partial charge on any atom is -0.467 e. The normalized spacial score (nSPS) is 18.3. The van der Waals surface area contributed by atoms with Crippen LogP contribution in [0.5, 0.6) is 0 Å². The van der Waals surface area contributed by atoms with E-state index >= 15 is 0 Å². The molecule has 2 aromatic carbocycles. The van der Waals surface area contributed by atoms with Crippen LogP contribution in [-0.4, -0.2) is 158 Å². The second-order valence-electron chi connectivity index (χ2n) is 20.7. The molecule has 1 unspecified atom stereocenters. The molecule has 0 saturated carbocycles. The molecule has 0 bridgehead atoms. The number of aryl methyl sites for hydroxylation is 1. The number of likely N-dealkylation sites (tertiary alicyclic amines) is 2. The van der Waals surface area contributed by atoms with Gasteiger partial charge in [0.25, 0.3) is 12.4 Å². The van der Waals surface area contributed by atoms with Crippen molar-refractivity contribution in [3.63, 3.8) is 0 Å². The molecule has 0 spiro atoms. The lowest BCUT2D eigenvalue weighted by Crippen LogP contribution is -2.57. The van der Waals surface area contributed by atoms with Crippen molar-refractivity contribution >= 4 is 52.8 Å². The lowest BCUT2D eigenvalue weighted by atomic mass is 9.84. The van der Waals surface area contributed by atoms with Crippen LogP contribution in [-0.2, 0) is 57.6 Å². The van der Waals surface area contributed by atoms with E-state index < -0.39 is 23.4 Å². The molecule has 1 aromatic heterocycles. The van der Waals surface area contributed by atoms with Crippen molar-refractivity contribution < 1.29 is 38.2 Å². The molecule has 3 fully saturated rings. The monoisotopic (exact) mass is 990 g/mol. The number of benzene rings is 2. The molecule has 4 amide bonds. The highest BCUT2D eigenvalue weighted by Crippen LogP contribution is 2.39. The summed E-state index contributed by atoms with van der Waals surface area (Å²) in [5.74, 6) is 3.98. The number of likely N-dealkylation sites (N-methyl/N-ethyl adjacent to an activating group) is 1. The highest BCUT2D eigenvalue weighted by molar-refractivity contribution is 5.96. The highest BCUT2D eigenvalue weighted by Gasteiger charge is 2.39. The van der Waals surface area contributed by atoms with Gasteiger partial charge in [-0.25, -0.2) is 0 Å². The van der Waals surface area contributed by atoms with Gasteiger partial charge in [0.1, 0.15) is 12.1 Å². The van der Waals surface area contributed by atoms with E-state index in [4.69, 9.17) is 19.2 Å². The van der Waals surface area contributed by atoms with E-state index in [0.29, 0.717) is 65.3 Å². The summed E-state index contributed by atoms with van der Waals surface area (Å²) in [6.07, 6.45) is 5.73. The number of hydrogen-bond acceptors (Lipinski definition) is 10. The van der Waals surface area contributed by atoms with Gasteiger partial charge in [-0.05, 0) is 112 Å². The number of carbonyl (C=O) groups excluding carboxylic acids is 5. The van der Waals surface area contributed by atoms with Crippen molar-refractivity contribution in [3.8, 4) is 23.0 Å². The number of carbonyl (C=O) groups is 5. The predicted octanol–water partition coefficient (Wildman–Crippen LogP) is 6.63. The topological polar surface area (TPSA) is 155 Å². The molecule has 1 N–H and O–H groups in total. The van der Waals surface area contributed by atoms with Crippen LogP contribution in [0, 0.1) is 29.1 Å². The first-order valence-corrected chi connectivity index (χ1v) is 26.0. The molecule has 15 heteroatoms. The van der Waals surface area contributed by atoms with Gasteiger partial charge in [-0.1, -0.05) is 63.9 Å². The Morgan fingerprint density at radius 2 is 1.71 bits per heavy atom.